The van der Waals surface area contributed by atoms with Gasteiger partial charge < -0.3 is 9.73 Å². The van der Waals surface area contributed by atoms with Crippen LogP contribution >= 0.6 is 0 Å². The third-order valence-corrected chi connectivity index (χ3v) is 3.12. The van der Waals surface area contributed by atoms with E-state index in [9.17, 15) is 0 Å². The van der Waals surface area contributed by atoms with Crippen LogP contribution in [0.3, 0.4) is 0 Å². The minimum atomic E-state index is 0.192. The molecule has 0 aliphatic rings. The molecule has 0 amide bonds. The van der Waals surface area contributed by atoms with Crippen LogP contribution in [0, 0.1) is 0 Å². The molecular weight excluding hydrogens is 226 g/mol. The number of aromatic nitrogens is 2. The van der Waals surface area contributed by atoms with Crippen LogP contribution in [-0.2, 0) is 0 Å². The lowest BCUT2D eigenvalue weighted by molar-refractivity contribution is 0.402. The number of nitrogens with one attached hydrogen (secondary N) is 1. The van der Waals surface area contributed by atoms with E-state index < -0.39 is 0 Å². The zero-order valence-electron chi connectivity index (χ0n) is 11.4. The first-order valence-corrected chi connectivity index (χ1v) is 6.41. The van der Waals surface area contributed by atoms with Gasteiger partial charge in [0, 0.05) is 23.8 Å². The Morgan fingerprint density at radius 3 is 2.56 bits per heavy atom. The third-order valence-electron chi connectivity index (χ3n) is 3.12. The van der Waals surface area contributed by atoms with E-state index in [1.54, 1.807) is 6.26 Å². The molecule has 2 heterocycles. The van der Waals surface area contributed by atoms with Gasteiger partial charge in [0.2, 0.25) is 0 Å². The van der Waals surface area contributed by atoms with E-state index in [0.717, 1.165) is 5.76 Å². The lowest BCUT2D eigenvalue weighted by Gasteiger charge is -2.17. The first kappa shape index (κ1) is 12.9. The first-order chi connectivity index (χ1) is 8.58. The maximum absolute atomic E-state index is 5.39. The molecule has 2 aromatic heterocycles. The number of rotatable bonds is 5. The van der Waals surface area contributed by atoms with E-state index >= 15 is 0 Å². The third kappa shape index (κ3) is 2.82. The highest BCUT2D eigenvalue weighted by atomic mass is 16.3. The van der Waals surface area contributed by atoms with Gasteiger partial charge >= 0.3 is 0 Å². The fraction of sp³-hybridized carbons (Fsp3) is 0.500. The molecule has 0 saturated heterocycles. The number of hydrogen-bond donors (Lipinski definition) is 1. The van der Waals surface area contributed by atoms with E-state index in [-0.39, 0.29) is 12.1 Å². The molecule has 2 rings (SSSR count). The fourth-order valence-corrected chi connectivity index (χ4v) is 1.95. The maximum atomic E-state index is 5.39. The highest BCUT2D eigenvalue weighted by Crippen LogP contribution is 2.19. The van der Waals surface area contributed by atoms with Crippen LogP contribution in [0.15, 0.2) is 35.2 Å². The van der Waals surface area contributed by atoms with Gasteiger partial charge in [0.05, 0.1) is 18.5 Å². The van der Waals surface area contributed by atoms with Gasteiger partial charge in [-0.25, -0.2) is 0 Å². The molecule has 2 unspecified atom stereocenters. The van der Waals surface area contributed by atoms with Gasteiger partial charge in [0.15, 0.2) is 0 Å². The summed E-state index contributed by atoms with van der Waals surface area (Å²) in [4.78, 5) is 0. The topological polar surface area (TPSA) is 43.0 Å². The van der Waals surface area contributed by atoms with Gasteiger partial charge in [-0.2, -0.15) is 5.10 Å². The van der Waals surface area contributed by atoms with Crippen molar-refractivity contribution in [3.63, 3.8) is 0 Å². The predicted molar refractivity (Wildman–Crippen MR) is 71.3 cm³/mol. The summed E-state index contributed by atoms with van der Waals surface area (Å²) in [5, 5.41) is 7.86. The second-order valence-electron chi connectivity index (χ2n) is 4.97. The summed E-state index contributed by atoms with van der Waals surface area (Å²) in [6.07, 6.45) is 5.72. The highest BCUT2D eigenvalue weighted by Gasteiger charge is 2.14. The summed E-state index contributed by atoms with van der Waals surface area (Å²) in [6.45, 7) is 8.49. The van der Waals surface area contributed by atoms with Crippen LogP contribution in [0.5, 0.6) is 0 Å². The van der Waals surface area contributed by atoms with Gasteiger partial charge in [-0.05, 0) is 39.8 Å². The molecule has 0 fully saturated rings. The van der Waals surface area contributed by atoms with Crippen molar-refractivity contribution >= 4 is 0 Å². The number of hydrogen-bond acceptors (Lipinski definition) is 3. The van der Waals surface area contributed by atoms with Gasteiger partial charge in [-0.3, -0.25) is 4.68 Å². The van der Waals surface area contributed by atoms with Crippen LogP contribution in [0.2, 0.25) is 0 Å². The van der Waals surface area contributed by atoms with Crippen LogP contribution in [0.25, 0.3) is 0 Å². The number of nitrogens with zero attached hydrogens (tertiary/aromatic N) is 2. The molecule has 0 aromatic carbocycles. The molecule has 0 radical (unpaired) electrons. The molecule has 2 atom stereocenters. The summed E-state index contributed by atoms with van der Waals surface area (Å²) in [6, 6.07) is 4.74. The average molecular weight is 247 g/mol. The van der Waals surface area contributed by atoms with E-state index in [0.29, 0.717) is 6.04 Å². The summed E-state index contributed by atoms with van der Waals surface area (Å²) in [7, 11) is 0. The first-order valence-electron chi connectivity index (χ1n) is 6.41. The predicted octanol–water partition coefficient (Wildman–Crippen LogP) is 3.47. The van der Waals surface area contributed by atoms with Crippen molar-refractivity contribution in [2.75, 3.05) is 0 Å². The standard InChI is InChI=1S/C14H21N3O/c1-10(2)17-9-13(8-15-17)11(3)16-12(4)14-6-5-7-18-14/h5-12,16H,1-4H3. The molecule has 4 nitrogen and oxygen atoms in total. The molecule has 0 spiro atoms. The monoisotopic (exact) mass is 247 g/mol. The lowest BCUT2D eigenvalue weighted by Crippen LogP contribution is -2.21. The molecule has 0 aliphatic heterocycles. The zero-order chi connectivity index (χ0) is 13.1. The summed E-state index contributed by atoms with van der Waals surface area (Å²) in [5.41, 5.74) is 1.20. The quantitative estimate of drug-likeness (QED) is 0.879. The Balaban J connectivity index is 2.00. The molecule has 1 N–H and O–H groups in total. The van der Waals surface area contributed by atoms with E-state index in [2.05, 4.69) is 44.3 Å². The second-order valence-corrected chi connectivity index (χ2v) is 4.97. The Morgan fingerprint density at radius 1 is 1.22 bits per heavy atom. The Bertz CT molecular complexity index is 473. The summed E-state index contributed by atoms with van der Waals surface area (Å²) in [5.74, 6) is 0.957. The Kier molecular flexibility index (Phi) is 3.87. The van der Waals surface area contributed by atoms with Crippen molar-refractivity contribution in [2.45, 2.75) is 45.8 Å². The van der Waals surface area contributed by atoms with Crippen LogP contribution in [-0.4, -0.2) is 9.78 Å². The van der Waals surface area contributed by atoms with E-state index in [4.69, 9.17) is 4.42 Å². The Morgan fingerprint density at radius 2 is 2.00 bits per heavy atom. The molecule has 98 valence electrons. The Hall–Kier alpha value is -1.55. The van der Waals surface area contributed by atoms with Crippen molar-refractivity contribution < 1.29 is 4.42 Å². The molecule has 0 saturated carbocycles. The van der Waals surface area contributed by atoms with E-state index in [1.165, 1.54) is 5.56 Å². The SMILES string of the molecule is CC(NC(C)c1ccco1)c1cnn(C(C)C)c1. The molecular formula is C14H21N3O. The van der Waals surface area contributed by atoms with Crippen molar-refractivity contribution in [3.8, 4) is 0 Å². The molecule has 4 heteroatoms. The molecule has 0 aliphatic carbocycles. The lowest BCUT2D eigenvalue weighted by atomic mass is 10.1. The van der Waals surface area contributed by atoms with Gasteiger partial charge in [0.25, 0.3) is 0 Å². The van der Waals surface area contributed by atoms with Gasteiger partial charge in [-0.1, -0.05) is 0 Å². The average Bonchev–Trinajstić information content (AvgIpc) is 3.00. The van der Waals surface area contributed by atoms with Crippen LogP contribution < -0.4 is 5.32 Å². The normalized spacial score (nSPS) is 14.9. The van der Waals surface area contributed by atoms with Crippen LogP contribution in [0.1, 0.15) is 57.1 Å². The van der Waals surface area contributed by atoms with Crippen molar-refractivity contribution in [2.24, 2.45) is 0 Å². The summed E-state index contributed by atoms with van der Waals surface area (Å²) < 4.78 is 7.37. The maximum Gasteiger partial charge on any atom is 0.120 e. The van der Waals surface area contributed by atoms with Gasteiger partial charge in [0.1, 0.15) is 5.76 Å². The van der Waals surface area contributed by atoms with E-state index in [1.807, 2.05) is 23.0 Å². The summed E-state index contributed by atoms with van der Waals surface area (Å²) >= 11 is 0. The largest absolute Gasteiger partial charge is 0.468 e. The van der Waals surface area contributed by atoms with Crippen molar-refractivity contribution in [1.29, 1.82) is 0 Å². The van der Waals surface area contributed by atoms with Crippen molar-refractivity contribution in [3.05, 3.63) is 42.1 Å². The molecule has 0 bridgehead atoms. The minimum absolute atomic E-state index is 0.192. The minimum Gasteiger partial charge on any atom is -0.468 e. The fourth-order valence-electron chi connectivity index (χ4n) is 1.95. The number of furan rings is 1. The molecule has 18 heavy (non-hydrogen) atoms. The zero-order valence-corrected chi connectivity index (χ0v) is 11.4. The molecule has 2 aromatic rings. The smallest absolute Gasteiger partial charge is 0.120 e. The highest BCUT2D eigenvalue weighted by molar-refractivity contribution is 5.11. The van der Waals surface area contributed by atoms with Crippen molar-refractivity contribution in [1.82, 2.24) is 15.1 Å². The van der Waals surface area contributed by atoms with Gasteiger partial charge in [-0.15, -0.1) is 0 Å². The van der Waals surface area contributed by atoms with Crippen LogP contribution in [0.4, 0.5) is 0 Å². The second kappa shape index (κ2) is 5.40. The Labute approximate surface area is 108 Å².